The fraction of sp³-hybridized carbons (Fsp3) is 0.353. The van der Waals surface area contributed by atoms with Gasteiger partial charge >= 0.3 is 0 Å². The summed E-state index contributed by atoms with van der Waals surface area (Å²) in [5.41, 5.74) is 2.48. The molecular formula is C17H21BrN2O. The molecule has 112 valence electrons. The second kappa shape index (κ2) is 8.15. The van der Waals surface area contributed by atoms with Crippen molar-refractivity contribution in [1.82, 2.24) is 10.3 Å². The standard InChI is InChI=1S/C17H21BrN2O/c1-13(2)20-12-15-3-4-17(16(18)11-15)21-10-7-14-5-8-19-9-6-14/h3-6,8-9,11,13,20H,7,10,12H2,1-2H3. The van der Waals surface area contributed by atoms with Gasteiger partial charge in [-0.1, -0.05) is 19.9 Å². The lowest BCUT2D eigenvalue weighted by Gasteiger charge is -2.11. The van der Waals surface area contributed by atoms with Crippen molar-refractivity contribution < 1.29 is 4.74 Å². The van der Waals surface area contributed by atoms with Crippen LogP contribution in [0.5, 0.6) is 5.75 Å². The average molecular weight is 349 g/mol. The lowest BCUT2D eigenvalue weighted by Crippen LogP contribution is -2.21. The van der Waals surface area contributed by atoms with Gasteiger partial charge in [0.1, 0.15) is 5.75 Å². The molecule has 2 aromatic rings. The molecule has 0 aliphatic carbocycles. The molecule has 0 aliphatic heterocycles. The van der Waals surface area contributed by atoms with Gasteiger partial charge in [0.25, 0.3) is 0 Å². The summed E-state index contributed by atoms with van der Waals surface area (Å²) in [6, 6.07) is 10.7. The third-order valence-electron chi connectivity index (χ3n) is 3.11. The first-order valence-electron chi connectivity index (χ1n) is 7.18. The van der Waals surface area contributed by atoms with E-state index >= 15 is 0 Å². The Morgan fingerprint density at radius 2 is 1.90 bits per heavy atom. The van der Waals surface area contributed by atoms with E-state index in [2.05, 4.69) is 52.2 Å². The molecule has 1 heterocycles. The van der Waals surface area contributed by atoms with Gasteiger partial charge in [0.2, 0.25) is 0 Å². The van der Waals surface area contributed by atoms with E-state index in [1.807, 2.05) is 30.6 Å². The van der Waals surface area contributed by atoms with Gasteiger partial charge in [-0.15, -0.1) is 0 Å². The summed E-state index contributed by atoms with van der Waals surface area (Å²) in [4.78, 5) is 4.01. The number of rotatable bonds is 7. The normalized spacial score (nSPS) is 10.9. The monoisotopic (exact) mass is 348 g/mol. The van der Waals surface area contributed by atoms with Crippen molar-refractivity contribution in [2.45, 2.75) is 32.9 Å². The zero-order chi connectivity index (χ0) is 15.1. The number of hydrogen-bond acceptors (Lipinski definition) is 3. The van der Waals surface area contributed by atoms with Gasteiger partial charge in [0.05, 0.1) is 11.1 Å². The minimum absolute atomic E-state index is 0.486. The van der Waals surface area contributed by atoms with Gasteiger partial charge in [0.15, 0.2) is 0 Å². The van der Waals surface area contributed by atoms with Crippen molar-refractivity contribution in [2.75, 3.05) is 6.61 Å². The summed E-state index contributed by atoms with van der Waals surface area (Å²) in [5, 5.41) is 3.41. The summed E-state index contributed by atoms with van der Waals surface area (Å²) >= 11 is 3.58. The van der Waals surface area contributed by atoms with E-state index in [4.69, 9.17) is 4.74 Å². The van der Waals surface area contributed by atoms with Crippen molar-refractivity contribution in [3.63, 3.8) is 0 Å². The highest BCUT2D eigenvalue weighted by Gasteiger charge is 2.04. The second-order valence-corrected chi connectivity index (χ2v) is 6.11. The molecule has 1 N–H and O–H groups in total. The van der Waals surface area contributed by atoms with Crippen LogP contribution < -0.4 is 10.1 Å². The molecule has 0 aliphatic rings. The van der Waals surface area contributed by atoms with E-state index in [0.29, 0.717) is 12.6 Å². The fourth-order valence-corrected chi connectivity index (χ4v) is 2.46. The van der Waals surface area contributed by atoms with Crippen LogP contribution in [-0.2, 0) is 13.0 Å². The third-order valence-corrected chi connectivity index (χ3v) is 3.73. The summed E-state index contributed by atoms with van der Waals surface area (Å²) < 4.78 is 6.83. The molecule has 0 fully saturated rings. The van der Waals surface area contributed by atoms with Gasteiger partial charge in [-0.2, -0.15) is 0 Å². The molecule has 3 nitrogen and oxygen atoms in total. The number of benzene rings is 1. The Morgan fingerprint density at radius 1 is 1.14 bits per heavy atom. The predicted octanol–water partition coefficient (Wildman–Crippen LogP) is 3.96. The average Bonchev–Trinajstić information content (AvgIpc) is 2.48. The molecule has 1 aromatic heterocycles. The number of halogens is 1. The number of aromatic nitrogens is 1. The van der Waals surface area contributed by atoms with E-state index in [1.165, 1.54) is 11.1 Å². The lowest BCUT2D eigenvalue weighted by atomic mass is 10.2. The van der Waals surface area contributed by atoms with Gasteiger partial charge in [0, 0.05) is 31.4 Å². The SMILES string of the molecule is CC(C)NCc1ccc(OCCc2ccncc2)c(Br)c1. The molecule has 0 unspecified atom stereocenters. The van der Waals surface area contributed by atoms with Gasteiger partial charge in [-0.25, -0.2) is 0 Å². The Bertz CT molecular complexity index is 558. The van der Waals surface area contributed by atoms with Crippen molar-refractivity contribution in [3.05, 3.63) is 58.3 Å². The molecule has 21 heavy (non-hydrogen) atoms. The summed E-state index contributed by atoms with van der Waals surface area (Å²) in [6.07, 6.45) is 4.50. The number of nitrogens with one attached hydrogen (secondary N) is 1. The summed E-state index contributed by atoms with van der Waals surface area (Å²) in [6.45, 7) is 5.82. The molecule has 0 bridgehead atoms. The summed E-state index contributed by atoms with van der Waals surface area (Å²) in [5.74, 6) is 0.886. The van der Waals surface area contributed by atoms with E-state index in [0.717, 1.165) is 23.2 Å². The first-order chi connectivity index (χ1) is 10.1. The molecular weight excluding hydrogens is 328 g/mol. The highest BCUT2D eigenvalue weighted by atomic mass is 79.9. The largest absolute Gasteiger partial charge is 0.492 e. The Labute approximate surface area is 134 Å². The predicted molar refractivity (Wildman–Crippen MR) is 89.6 cm³/mol. The molecule has 0 atom stereocenters. The smallest absolute Gasteiger partial charge is 0.133 e. The van der Waals surface area contributed by atoms with E-state index in [1.54, 1.807) is 0 Å². The van der Waals surface area contributed by atoms with Crippen LogP contribution >= 0.6 is 15.9 Å². The van der Waals surface area contributed by atoms with Crippen LogP contribution in [0.3, 0.4) is 0 Å². The number of ether oxygens (including phenoxy) is 1. The van der Waals surface area contributed by atoms with Crippen molar-refractivity contribution >= 4 is 15.9 Å². The first kappa shape index (κ1) is 16.0. The fourth-order valence-electron chi connectivity index (χ4n) is 1.92. The maximum Gasteiger partial charge on any atom is 0.133 e. The van der Waals surface area contributed by atoms with Crippen LogP contribution in [0.1, 0.15) is 25.0 Å². The molecule has 0 amide bonds. The van der Waals surface area contributed by atoms with Crippen molar-refractivity contribution in [1.29, 1.82) is 0 Å². The maximum absolute atomic E-state index is 5.83. The van der Waals surface area contributed by atoms with Gasteiger partial charge in [-0.3, -0.25) is 4.98 Å². The Kier molecular flexibility index (Phi) is 6.21. The molecule has 0 spiro atoms. The minimum Gasteiger partial charge on any atom is -0.492 e. The Hall–Kier alpha value is -1.39. The second-order valence-electron chi connectivity index (χ2n) is 5.25. The highest BCUT2D eigenvalue weighted by molar-refractivity contribution is 9.10. The Morgan fingerprint density at radius 3 is 2.57 bits per heavy atom. The van der Waals surface area contributed by atoms with Crippen LogP contribution in [0.15, 0.2) is 47.2 Å². The lowest BCUT2D eigenvalue weighted by molar-refractivity contribution is 0.320. The van der Waals surface area contributed by atoms with Crippen molar-refractivity contribution in [2.24, 2.45) is 0 Å². The number of nitrogens with zero attached hydrogens (tertiary/aromatic N) is 1. The number of hydrogen-bond donors (Lipinski definition) is 1. The quantitative estimate of drug-likeness (QED) is 0.822. The molecule has 0 saturated carbocycles. The topological polar surface area (TPSA) is 34.1 Å². The molecule has 0 saturated heterocycles. The van der Waals surface area contributed by atoms with Crippen LogP contribution in [0.25, 0.3) is 0 Å². The molecule has 0 radical (unpaired) electrons. The molecule has 2 rings (SSSR count). The van der Waals surface area contributed by atoms with Crippen LogP contribution in [0.2, 0.25) is 0 Å². The molecule has 4 heteroatoms. The zero-order valence-electron chi connectivity index (χ0n) is 12.5. The van der Waals surface area contributed by atoms with Crippen LogP contribution in [0.4, 0.5) is 0 Å². The van der Waals surface area contributed by atoms with E-state index in [9.17, 15) is 0 Å². The first-order valence-corrected chi connectivity index (χ1v) is 7.98. The van der Waals surface area contributed by atoms with Crippen LogP contribution in [0, 0.1) is 0 Å². The van der Waals surface area contributed by atoms with Gasteiger partial charge < -0.3 is 10.1 Å². The van der Waals surface area contributed by atoms with Crippen LogP contribution in [-0.4, -0.2) is 17.6 Å². The van der Waals surface area contributed by atoms with Gasteiger partial charge in [-0.05, 0) is 51.3 Å². The van der Waals surface area contributed by atoms with E-state index < -0.39 is 0 Å². The third kappa shape index (κ3) is 5.48. The minimum atomic E-state index is 0.486. The molecule has 1 aromatic carbocycles. The Balaban J connectivity index is 1.86. The number of pyridine rings is 1. The van der Waals surface area contributed by atoms with Crippen molar-refractivity contribution in [3.8, 4) is 5.75 Å². The van der Waals surface area contributed by atoms with E-state index in [-0.39, 0.29) is 0 Å². The zero-order valence-corrected chi connectivity index (χ0v) is 14.1. The maximum atomic E-state index is 5.83. The highest BCUT2D eigenvalue weighted by Crippen LogP contribution is 2.26. The summed E-state index contributed by atoms with van der Waals surface area (Å²) in [7, 11) is 0.